The molecular weight excluding hydrogens is 434 g/mol. The normalized spacial score (nSPS) is 9.81. The number of carbonyl (C=O) groups is 2. The zero-order chi connectivity index (χ0) is 22.8. The maximum Gasteiger partial charge on any atom is 0.418 e. The third-order valence-electron chi connectivity index (χ3n) is 3.50. The maximum absolute atomic E-state index is 11.4. The summed E-state index contributed by atoms with van der Waals surface area (Å²) in [6.45, 7) is 3.49. The van der Waals surface area contributed by atoms with E-state index in [0.717, 1.165) is 11.5 Å². The number of rotatable bonds is 4. The second-order valence-electron chi connectivity index (χ2n) is 6.12. The highest BCUT2D eigenvalue weighted by Crippen LogP contribution is 2.13. The van der Waals surface area contributed by atoms with Crippen molar-refractivity contribution in [1.29, 1.82) is 0 Å². The van der Waals surface area contributed by atoms with Crippen LogP contribution < -0.4 is 20.1 Å². The SMILES string of the molecule is Cc1cc(NC(=O)Oc2ccccc2)no1.Cc1nsc(NC(=O)Oc2ccccc2)n1. The van der Waals surface area contributed by atoms with Gasteiger partial charge in [0.15, 0.2) is 5.82 Å². The van der Waals surface area contributed by atoms with E-state index in [1.54, 1.807) is 68.4 Å². The van der Waals surface area contributed by atoms with Crippen molar-refractivity contribution in [3.63, 3.8) is 0 Å². The highest BCUT2D eigenvalue weighted by molar-refractivity contribution is 7.09. The number of anilines is 2. The fraction of sp³-hybridized carbons (Fsp3) is 0.0952. The number of benzene rings is 2. The van der Waals surface area contributed by atoms with Crippen LogP contribution in [0.4, 0.5) is 20.5 Å². The Kier molecular flexibility index (Phi) is 7.87. The molecule has 0 saturated heterocycles. The fourth-order valence-corrected chi connectivity index (χ4v) is 2.77. The average molecular weight is 453 g/mol. The Hall–Kier alpha value is -4.25. The third-order valence-corrected chi connectivity index (χ3v) is 4.22. The second kappa shape index (κ2) is 11.2. The van der Waals surface area contributed by atoms with Crippen LogP contribution in [0.15, 0.2) is 71.3 Å². The number of hydrogen-bond acceptors (Lipinski definition) is 9. The lowest BCUT2D eigenvalue weighted by molar-refractivity contribution is 0.214. The summed E-state index contributed by atoms with van der Waals surface area (Å²) in [5, 5.41) is 8.98. The smallest absolute Gasteiger partial charge is 0.410 e. The molecule has 0 aliphatic rings. The van der Waals surface area contributed by atoms with Crippen molar-refractivity contribution in [3.8, 4) is 11.5 Å². The van der Waals surface area contributed by atoms with E-state index in [0.29, 0.717) is 34.0 Å². The van der Waals surface area contributed by atoms with Crippen LogP contribution in [0.3, 0.4) is 0 Å². The summed E-state index contributed by atoms with van der Waals surface area (Å²) in [5.74, 6) is 2.54. The Balaban J connectivity index is 0.000000181. The molecule has 2 aromatic heterocycles. The number of para-hydroxylation sites is 2. The van der Waals surface area contributed by atoms with Gasteiger partial charge in [0.2, 0.25) is 5.13 Å². The van der Waals surface area contributed by atoms with Gasteiger partial charge in [-0.15, -0.1) is 0 Å². The quantitative estimate of drug-likeness (QED) is 0.439. The van der Waals surface area contributed by atoms with Crippen LogP contribution in [0.25, 0.3) is 0 Å². The van der Waals surface area contributed by atoms with E-state index in [-0.39, 0.29) is 0 Å². The molecule has 4 rings (SSSR count). The molecule has 0 aliphatic heterocycles. The molecule has 0 spiro atoms. The maximum atomic E-state index is 11.4. The van der Waals surface area contributed by atoms with Crippen LogP contribution in [-0.2, 0) is 0 Å². The first kappa shape index (κ1) is 22.4. The zero-order valence-corrected chi connectivity index (χ0v) is 18.0. The average Bonchev–Trinajstić information content (AvgIpc) is 3.37. The number of hydrogen-bond donors (Lipinski definition) is 2. The minimum absolute atomic E-state index is 0.332. The van der Waals surface area contributed by atoms with Crippen molar-refractivity contribution in [2.45, 2.75) is 13.8 Å². The Morgan fingerprint density at radius 1 is 0.875 bits per heavy atom. The molecule has 0 saturated carbocycles. The van der Waals surface area contributed by atoms with Crippen molar-refractivity contribution >= 4 is 34.7 Å². The highest BCUT2D eigenvalue weighted by atomic mass is 32.1. The first-order chi connectivity index (χ1) is 15.5. The van der Waals surface area contributed by atoms with E-state index >= 15 is 0 Å². The summed E-state index contributed by atoms with van der Waals surface area (Å²) in [6.07, 6.45) is -1.16. The molecule has 0 bridgehead atoms. The fourth-order valence-electron chi connectivity index (χ4n) is 2.21. The van der Waals surface area contributed by atoms with Crippen LogP contribution in [0, 0.1) is 13.8 Å². The first-order valence-electron chi connectivity index (χ1n) is 9.29. The Morgan fingerprint density at radius 2 is 1.44 bits per heavy atom. The number of aromatic nitrogens is 3. The number of nitrogens with zero attached hydrogens (tertiary/aromatic N) is 3. The Bertz CT molecular complexity index is 1060. The van der Waals surface area contributed by atoms with Crippen LogP contribution in [0.1, 0.15) is 11.6 Å². The molecule has 10 nitrogen and oxygen atoms in total. The van der Waals surface area contributed by atoms with E-state index < -0.39 is 12.2 Å². The highest BCUT2D eigenvalue weighted by Gasteiger charge is 2.08. The molecule has 4 aromatic rings. The largest absolute Gasteiger partial charge is 0.418 e. The van der Waals surface area contributed by atoms with E-state index in [4.69, 9.17) is 14.0 Å². The van der Waals surface area contributed by atoms with E-state index in [2.05, 4.69) is 25.1 Å². The van der Waals surface area contributed by atoms with Gasteiger partial charge in [-0.1, -0.05) is 41.6 Å². The van der Waals surface area contributed by atoms with Gasteiger partial charge in [-0.2, -0.15) is 4.37 Å². The number of nitrogens with one attached hydrogen (secondary N) is 2. The second-order valence-corrected chi connectivity index (χ2v) is 6.88. The zero-order valence-electron chi connectivity index (χ0n) is 17.1. The van der Waals surface area contributed by atoms with Crippen molar-refractivity contribution in [2.75, 3.05) is 10.6 Å². The number of amides is 2. The molecule has 0 radical (unpaired) electrons. The summed E-state index contributed by atoms with van der Waals surface area (Å²) < 4.78 is 18.7. The molecular formula is C21H19N5O5S. The monoisotopic (exact) mass is 453 g/mol. The molecule has 164 valence electrons. The van der Waals surface area contributed by atoms with Crippen molar-refractivity contribution in [1.82, 2.24) is 14.5 Å². The molecule has 2 aromatic carbocycles. The molecule has 2 heterocycles. The number of carbonyl (C=O) groups excluding carboxylic acids is 2. The Labute approximate surface area is 187 Å². The predicted molar refractivity (Wildman–Crippen MR) is 118 cm³/mol. The van der Waals surface area contributed by atoms with Gasteiger partial charge in [0, 0.05) is 17.6 Å². The van der Waals surface area contributed by atoms with E-state index in [1.807, 2.05) is 12.1 Å². The lowest BCUT2D eigenvalue weighted by Gasteiger charge is -2.02. The lowest BCUT2D eigenvalue weighted by atomic mass is 10.3. The van der Waals surface area contributed by atoms with Crippen molar-refractivity contribution in [3.05, 3.63) is 78.3 Å². The Morgan fingerprint density at radius 3 is 1.91 bits per heavy atom. The number of aryl methyl sites for hydroxylation is 2. The van der Waals surface area contributed by atoms with Crippen molar-refractivity contribution in [2.24, 2.45) is 0 Å². The van der Waals surface area contributed by atoms with Crippen LogP contribution in [0.2, 0.25) is 0 Å². The first-order valence-corrected chi connectivity index (χ1v) is 10.1. The molecule has 32 heavy (non-hydrogen) atoms. The van der Waals surface area contributed by atoms with Crippen molar-refractivity contribution < 1.29 is 23.6 Å². The summed E-state index contributed by atoms with van der Waals surface area (Å²) in [5.41, 5.74) is 0. The molecule has 0 unspecified atom stereocenters. The number of ether oxygens (including phenoxy) is 2. The summed E-state index contributed by atoms with van der Waals surface area (Å²) in [6, 6.07) is 19.2. The molecule has 2 amide bonds. The molecule has 2 N–H and O–H groups in total. The van der Waals surface area contributed by atoms with Gasteiger partial charge < -0.3 is 14.0 Å². The van der Waals surface area contributed by atoms with Gasteiger partial charge >= 0.3 is 12.2 Å². The molecule has 0 atom stereocenters. The molecule has 0 fully saturated rings. The minimum atomic E-state index is -0.598. The van der Waals surface area contributed by atoms with Gasteiger partial charge in [-0.05, 0) is 38.1 Å². The lowest BCUT2D eigenvalue weighted by Crippen LogP contribution is -2.16. The third kappa shape index (κ3) is 7.54. The topological polar surface area (TPSA) is 128 Å². The summed E-state index contributed by atoms with van der Waals surface area (Å²) in [7, 11) is 0. The predicted octanol–water partition coefficient (Wildman–Crippen LogP) is 5.05. The minimum Gasteiger partial charge on any atom is -0.410 e. The van der Waals surface area contributed by atoms with Gasteiger partial charge in [-0.3, -0.25) is 10.6 Å². The van der Waals surface area contributed by atoms with Crippen LogP contribution >= 0.6 is 11.5 Å². The van der Waals surface area contributed by atoms with Gasteiger partial charge in [0.1, 0.15) is 23.1 Å². The van der Waals surface area contributed by atoms with Crippen LogP contribution in [0.5, 0.6) is 11.5 Å². The van der Waals surface area contributed by atoms with Gasteiger partial charge in [0.05, 0.1) is 0 Å². The van der Waals surface area contributed by atoms with Crippen LogP contribution in [-0.4, -0.2) is 26.7 Å². The van der Waals surface area contributed by atoms with E-state index in [1.165, 1.54) is 0 Å². The van der Waals surface area contributed by atoms with Gasteiger partial charge in [-0.25, -0.2) is 14.6 Å². The van der Waals surface area contributed by atoms with Gasteiger partial charge in [0.25, 0.3) is 0 Å². The summed E-state index contributed by atoms with van der Waals surface area (Å²) in [4.78, 5) is 26.8. The summed E-state index contributed by atoms with van der Waals surface area (Å²) >= 11 is 1.12. The standard InChI is InChI=1S/C11H10N2O3.C10H9N3O2S/c1-8-7-10(13-16-8)12-11(14)15-9-5-3-2-4-6-9;1-7-11-9(16-13-7)12-10(14)15-8-5-3-2-4-6-8/h2-7H,1H3,(H,12,13,14);2-6H,1H3,(H,11,12,13,14). The van der Waals surface area contributed by atoms with E-state index in [9.17, 15) is 9.59 Å². The molecule has 11 heteroatoms. The molecule has 0 aliphatic carbocycles.